The minimum Gasteiger partial charge on any atom is -0.460 e. The molecule has 104 valence electrons. The zero-order valence-corrected chi connectivity index (χ0v) is 11.3. The fourth-order valence-corrected chi connectivity index (χ4v) is 1.30. The lowest BCUT2D eigenvalue weighted by molar-refractivity contribution is -0.140. The van der Waals surface area contributed by atoms with Crippen LogP contribution in [0.4, 0.5) is 0 Å². The molecule has 1 rings (SSSR count). The Morgan fingerprint density at radius 1 is 1.05 bits per heavy atom. The summed E-state index contributed by atoms with van der Waals surface area (Å²) in [5.74, 6) is -0.385. The maximum atomic E-state index is 11.0. The number of rotatable bonds is 9. The molecule has 0 aromatic heterocycles. The van der Waals surface area contributed by atoms with Gasteiger partial charge in [0.2, 0.25) is 0 Å². The van der Waals surface area contributed by atoms with E-state index in [9.17, 15) is 4.79 Å². The molecule has 1 aromatic rings. The molecule has 0 fully saturated rings. The van der Waals surface area contributed by atoms with Crippen molar-refractivity contribution < 1.29 is 19.0 Å². The van der Waals surface area contributed by atoms with Crippen LogP contribution in [-0.2, 0) is 25.6 Å². The number of benzene rings is 1. The van der Waals surface area contributed by atoms with Crippen LogP contribution in [0.3, 0.4) is 0 Å². The Labute approximate surface area is 114 Å². The highest BCUT2D eigenvalue weighted by Crippen LogP contribution is 2.00. The van der Waals surface area contributed by atoms with Gasteiger partial charge < -0.3 is 14.2 Å². The first-order valence-corrected chi connectivity index (χ1v) is 6.22. The van der Waals surface area contributed by atoms with Crippen molar-refractivity contribution in [1.82, 2.24) is 0 Å². The first-order chi connectivity index (χ1) is 9.20. The molecule has 0 heterocycles. The van der Waals surface area contributed by atoms with E-state index in [1.807, 2.05) is 30.3 Å². The molecule has 0 aliphatic carbocycles. The fourth-order valence-electron chi connectivity index (χ4n) is 1.30. The zero-order valence-electron chi connectivity index (χ0n) is 11.3. The number of carbonyl (C=O) groups excluding carboxylic acids is 1. The Kier molecular flexibility index (Phi) is 7.54. The summed E-state index contributed by atoms with van der Waals surface area (Å²) in [5.41, 5.74) is 1.53. The minimum atomic E-state index is -0.385. The highest BCUT2D eigenvalue weighted by atomic mass is 16.6. The summed E-state index contributed by atoms with van der Waals surface area (Å²) in [6.45, 7) is 7.29. The van der Waals surface area contributed by atoms with Gasteiger partial charge in [-0.3, -0.25) is 0 Å². The van der Waals surface area contributed by atoms with E-state index in [-0.39, 0.29) is 12.6 Å². The minimum absolute atomic E-state index is 0.240. The molecule has 0 aliphatic heterocycles. The summed E-state index contributed by atoms with van der Waals surface area (Å²) in [6, 6.07) is 9.95. The second-order valence-electron chi connectivity index (χ2n) is 4.07. The maximum absolute atomic E-state index is 11.0. The number of hydrogen-bond acceptors (Lipinski definition) is 4. The molecule has 0 saturated carbocycles. The molecule has 0 spiro atoms. The Hall–Kier alpha value is -1.65. The van der Waals surface area contributed by atoms with E-state index in [1.165, 1.54) is 0 Å². The van der Waals surface area contributed by atoms with Gasteiger partial charge in [0.25, 0.3) is 0 Å². The summed E-state index contributed by atoms with van der Waals surface area (Å²) in [5, 5.41) is 0. The van der Waals surface area contributed by atoms with Crippen LogP contribution in [0.5, 0.6) is 0 Å². The summed E-state index contributed by atoms with van der Waals surface area (Å²) in [7, 11) is 0. The molecule has 0 radical (unpaired) electrons. The van der Waals surface area contributed by atoms with Crippen LogP contribution in [-0.4, -0.2) is 32.4 Å². The predicted octanol–water partition coefficient (Wildman–Crippen LogP) is 2.34. The van der Waals surface area contributed by atoms with E-state index in [2.05, 4.69) is 6.58 Å². The molecule has 19 heavy (non-hydrogen) atoms. The molecule has 0 unspecified atom stereocenters. The number of hydrogen-bond donors (Lipinski definition) is 0. The monoisotopic (exact) mass is 264 g/mol. The smallest absolute Gasteiger partial charge is 0.333 e. The number of ether oxygens (including phenoxy) is 3. The van der Waals surface area contributed by atoms with Crippen LogP contribution < -0.4 is 0 Å². The van der Waals surface area contributed by atoms with Crippen LogP contribution in [0.2, 0.25) is 0 Å². The molecule has 0 atom stereocenters. The fraction of sp³-hybridized carbons (Fsp3) is 0.400. The third-order valence-electron chi connectivity index (χ3n) is 2.29. The molecule has 0 aliphatic rings. The van der Waals surface area contributed by atoms with Crippen molar-refractivity contribution >= 4 is 5.97 Å². The number of esters is 1. The normalized spacial score (nSPS) is 10.2. The second kappa shape index (κ2) is 9.30. The van der Waals surface area contributed by atoms with Gasteiger partial charge in [-0.05, 0) is 12.5 Å². The highest BCUT2D eigenvalue weighted by Gasteiger charge is 2.01. The SMILES string of the molecule is C=C(C)C(=O)OCCOCCOCc1ccccc1. The van der Waals surface area contributed by atoms with Gasteiger partial charge in [-0.1, -0.05) is 36.9 Å². The largest absolute Gasteiger partial charge is 0.460 e. The van der Waals surface area contributed by atoms with Crippen LogP contribution >= 0.6 is 0 Å². The summed E-state index contributed by atoms with van der Waals surface area (Å²) in [6.07, 6.45) is 0. The van der Waals surface area contributed by atoms with Gasteiger partial charge in [0, 0.05) is 5.57 Å². The Balaban J connectivity index is 1.92. The van der Waals surface area contributed by atoms with Gasteiger partial charge in [-0.2, -0.15) is 0 Å². The lowest BCUT2D eigenvalue weighted by atomic mass is 10.2. The van der Waals surface area contributed by atoms with E-state index in [4.69, 9.17) is 14.2 Å². The van der Waals surface area contributed by atoms with Crippen LogP contribution in [0.15, 0.2) is 42.5 Å². The van der Waals surface area contributed by atoms with Crippen LogP contribution in [0, 0.1) is 0 Å². The second-order valence-corrected chi connectivity index (χ2v) is 4.07. The van der Waals surface area contributed by atoms with E-state index >= 15 is 0 Å². The quantitative estimate of drug-likeness (QED) is 0.390. The van der Waals surface area contributed by atoms with E-state index in [0.717, 1.165) is 5.56 Å². The molecule has 0 bridgehead atoms. The lowest BCUT2D eigenvalue weighted by Gasteiger charge is -2.07. The summed E-state index contributed by atoms with van der Waals surface area (Å²) >= 11 is 0. The van der Waals surface area contributed by atoms with Gasteiger partial charge in [-0.25, -0.2) is 4.79 Å². The van der Waals surface area contributed by atoms with E-state index in [1.54, 1.807) is 6.92 Å². The summed E-state index contributed by atoms with van der Waals surface area (Å²) in [4.78, 5) is 11.0. The van der Waals surface area contributed by atoms with Gasteiger partial charge >= 0.3 is 5.97 Å². The highest BCUT2D eigenvalue weighted by molar-refractivity contribution is 5.86. The van der Waals surface area contributed by atoms with Crippen molar-refractivity contribution in [1.29, 1.82) is 0 Å². The molecule has 0 amide bonds. The van der Waals surface area contributed by atoms with Crippen molar-refractivity contribution in [3.8, 4) is 0 Å². The molecule has 0 saturated heterocycles. The Morgan fingerprint density at radius 2 is 1.68 bits per heavy atom. The maximum Gasteiger partial charge on any atom is 0.333 e. The van der Waals surface area contributed by atoms with Gasteiger partial charge in [0.15, 0.2) is 0 Å². The summed E-state index contributed by atoms with van der Waals surface area (Å²) < 4.78 is 15.6. The third kappa shape index (κ3) is 7.39. The molecular formula is C15H20O4. The van der Waals surface area contributed by atoms with Crippen molar-refractivity contribution in [3.05, 3.63) is 48.0 Å². The van der Waals surface area contributed by atoms with Crippen LogP contribution in [0.1, 0.15) is 12.5 Å². The van der Waals surface area contributed by atoms with Gasteiger partial charge in [0.05, 0.1) is 26.4 Å². The third-order valence-corrected chi connectivity index (χ3v) is 2.29. The molecule has 4 heteroatoms. The number of carbonyl (C=O) groups is 1. The predicted molar refractivity (Wildman–Crippen MR) is 72.7 cm³/mol. The molecule has 4 nitrogen and oxygen atoms in total. The van der Waals surface area contributed by atoms with Gasteiger partial charge in [0.1, 0.15) is 6.61 Å². The van der Waals surface area contributed by atoms with E-state index in [0.29, 0.717) is 32.0 Å². The lowest BCUT2D eigenvalue weighted by Crippen LogP contribution is -2.13. The van der Waals surface area contributed by atoms with Crippen LogP contribution in [0.25, 0.3) is 0 Å². The standard InChI is InChI=1S/C15H20O4/c1-13(2)15(16)19-11-10-17-8-9-18-12-14-6-4-3-5-7-14/h3-7H,1,8-12H2,2H3. The molecule has 1 aromatic carbocycles. The van der Waals surface area contributed by atoms with E-state index < -0.39 is 0 Å². The molecule has 0 N–H and O–H groups in total. The molecular weight excluding hydrogens is 244 g/mol. The van der Waals surface area contributed by atoms with Gasteiger partial charge in [-0.15, -0.1) is 0 Å². The van der Waals surface area contributed by atoms with Crippen molar-refractivity contribution in [2.24, 2.45) is 0 Å². The first kappa shape index (κ1) is 15.4. The average molecular weight is 264 g/mol. The first-order valence-electron chi connectivity index (χ1n) is 6.22. The van der Waals surface area contributed by atoms with Crippen molar-refractivity contribution in [2.75, 3.05) is 26.4 Å². The van der Waals surface area contributed by atoms with Crippen molar-refractivity contribution in [3.63, 3.8) is 0 Å². The average Bonchev–Trinajstić information content (AvgIpc) is 2.42. The zero-order chi connectivity index (χ0) is 13.9. The topological polar surface area (TPSA) is 44.8 Å². The Bertz CT molecular complexity index is 386. The Morgan fingerprint density at radius 3 is 2.37 bits per heavy atom. The van der Waals surface area contributed by atoms with Crippen molar-refractivity contribution in [2.45, 2.75) is 13.5 Å².